The number of aromatic nitrogens is 1. The number of benzene rings is 1. The van der Waals surface area contributed by atoms with Crippen LogP contribution in [0.3, 0.4) is 0 Å². The minimum absolute atomic E-state index is 0.257. The number of anilines is 1. The van der Waals surface area contributed by atoms with Gasteiger partial charge in [-0.3, -0.25) is 19.6 Å². The zero-order valence-corrected chi connectivity index (χ0v) is 13.8. The van der Waals surface area contributed by atoms with Gasteiger partial charge < -0.3 is 10.6 Å². The molecule has 126 valence electrons. The molecule has 0 aliphatic heterocycles. The van der Waals surface area contributed by atoms with Gasteiger partial charge in [-0.25, -0.2) is 0 Å². The van der Waals surface area contributed by atoms with Crippen LogP contribution in [0.5, 0.6) is 0 Å². The summed E-state index contributed by atoms with van der Waals surface area (Å²) >= 11 is 0. The molecule has 1 aromatic heterocycles. The molecule has 2 amide bonds. The van der Waals surface area contributed by atoms with Crippen LogP contribution >= 0.6 is 0 Å². The Balaban J connectivity index is 2.03. The molecule has 1 aromatic carbocycles. The molecular formula is C19H18N4O2. The monoisotopic (exact) mass is 334 g/mol. The van der Waals surface area contributed by atoms with E-state index >= 15 is 0 Å². The van der Waals surface area contributed by atoms with E-state index in [1.54, 1.807) is 67.9 Å². The number of carbonyl (C=O) groups excluding carboxylic acids is 2. The van der Waals surface area contributed by atoms with E-state index in [1.807, 2.05) is 0 Å². The highest BCUT2D eigenvalue weighted by molar-refractivity contribution is 6.05. The van der Waals surface area contributed by atoms with Crippen molar-refractivity contribution < 1.29 is 9.59 Å². The van der Waals surface area contributed by atoms with Crippen molar-refractivity contribution in [1.82, 2.24) is 10.3 Å². The standard InChI is InChI=1S/C19H18N4O2/c1-3-16(8-11-20-2)22-18(24)14-4-6-15(7-5-14)19(25)23-17-9-12-21-13-10-17/h3-13H,2H2,1H3,(H,22,24)(H,21,23,25)/b11-8-,16-3+. The SMILES string of the molecule is C=N/C=C\C(=C/C)NC(=O)c1ccc(C(=O)Nc2ccncc2)cc1. The van der Waals surface area contributed by atoms with Crippen LogP contribution in [0.15, 0.2) is 77.8 Å². The van der Waals surface area contributed by atoms with Crippen LogP contribution in [0.2, 0.25) is 0 Å². The quantitative estimate of drug-likeness (QED) is 0.628. The van der Waals surface area contributed by atoms with Gasteiger partial charge in [-0.1, -0.05) is 6.08 Å². The number of pyridine rings is 1. The summed E-state index contributed by atoms with van der Waals surface area (Å²) in [6, 6.07) is 9.79. The number of nitrogens with zero attached hydrogens (tertiary/aromatic N) is 2. The largest absolute Gasteiger partial charge is 0.322 e. The van der Waals surface area contributed by atoms with Crippen LogP contribution in [-0.4, -0.2) is 23.5 Å². The number of hydrogen-bond donors (Lipinski definition) is 2. The first-order valence-corrected chi connectivity index (χ1v) is 7.55. The smallest absolute Gasteiger partial charge is 0.255 e. The van der Waals surface area contributed by atoms with Crippen molar-refractivity contribution in [2.24, 2.45) is 4.99 Å². The molecule has 0 fully saturated rings. The zero-order valence-electron chi connectivity index (χ0n) is 13.8. The van der Waals surface area contributed by atoms with Gasteiger partial charge in [-0.05, 0) is 56.1 Å². The van der Waals surface area contributed by atoms with Crippen LogP contribution in [0, 0.1) is 0 Å². The van der Waals surface area contributed by atoms with Gasteiger partial charge in [-0.2, -0.15) is 0 Å². The zero-order chi connectivity index (χ0) is 18.1. The maximum atomic E-state index is 12.2. The average Bonchev–Trinajstić information content (AvgIpc) is 2.65. The second kappa shape index (κ2) is 8.93. The van der Waals surface area contributed by atoms with Crippen molar-refractivity contribution in [3.05, 3.63) is 84.0 Å². The summed E-state index contributed by atoms with van der Waals surface area (Å²) in [5.41, 5.74) is 2.16. The van der Waals surface area contributed by atoms with E-state index in [-0.39, 0.29) is 11.8 Å². The summed E-state index contributed by atoms with van der Waals surface area (Å²) in [5, 5.41) is 5.50. The maximum Gasteiger partial charge on any atom is 0.255 e. The number of carbonyl (C=O) groups is 2. The van der Waals surface area contributed by atoms with Crippen LogP contribution in [0.25, 0.3) is 0 Å². The number of rotatable bonds is 6. The first kappa shape index (κ1) is 17.8. The van der Waals surface area contributed by atoms with Crippen LogP contribution < -0.4 is 10.6 Å². The van der Waals surface area contributed by atoms with Crippen molar-refractivity contribution >= 4 is 24.2 Å². The van der Waals surface area contributed by atoms with Gasteiger partial charge in [-0.15, -0.1) is 0 Å². The Hall–Kier alpha value is -3.54. The lowest BCUT2D eigenvalue weighted by Crippen LogP contribution is -2.22. The number of amides is 2. The highest BCUT2D eigenvalue weighted by Crippen LogP contribution is 2.10. The first-order valence-electron chi connectivity index (χ1n) is 7.55. The third kappa shape index (κ3) is 5.24. The second-order valence-corrected chi connectivity index (χ2v) is 4.96. The summed E-state index contributed by atoms with van der Waals surface area (Å²) in [5.74, 6) is -0.532. The number of allylic oxidation sites excluding steroid dienone is 2. The predicted molar refractivity (Wildman–Crippen MR) is 98.5 cm³/mol. The van der Waals surface area contributed by atoms with Gasteiger partial charge >= 0.3 is 0 Å². The number of aliphatic imine (C=N–C) groups is 1. The third-order valence-electron chi connectivity index (χ3n) is 3.28. The molecule has 0 aliphatic carbocycles. The van der Waals surface area contributed by atoms with E-state index in [4.69, 9.17) is 0 Å². The minimum atomic E-state index is -0.275. The molecule has 2 rings (SSSR count). The summed E-state index contributed by atoms with van der Waals surface area (Å²) < 4.78 is 0. The van der Waals surface area contributed by atoms with Crippen LogP contribution in [0.1, 0.15) is 27.6 Å². The Kier molecular flexibility index (Phi) is 6.36. The van der Waals surface area contributed by atoms with Crippen LogP contribution in [-0.2, 0) is 0 Å². The first-order chi connectivity index (χ1) is 12.1. The molecule has 0 saturated heterocycles. The van der Waals surface area contributed by atoms with Gasteiger partial charge in [0.25, 0.3) is 11.8 Å². The van der Waals surface area contributed by atoms with Crippen molar-refractivity contribution in [3.63, 3.8) is 0 Å². The Morgan fingerprint density at radius 1 is 1.04 bits per heavy atom. The lowest BCUT2D eigenvalue weighted by Gasteiger charge is -2.07. The fourth-order valence-electron chi connectivity index (χ4n) is 1.96. The lowest BCUT2D eigenvalue weighted by atomic mass is 10.1. The summed E-state index contributed by atoms with van der Waals surface area (Å²) in [4.78, 5) is 31.9. The van der Waals surface area contributed by atoms with Crippen molar-refractivity contribution in [2.45, 2.75) is 6.92 Å². The molecule has 0 atom stereocenters. The second-order valence-electron chi connectivity index (χ2n) is 4.96. The molecule has 2 aromatic rings. The maximum absolute atomic E-state index is 12.2. The number of nitrogens with one attached hydrogen (secondary N) is 2. The van der Waals surface area contributed by atoms with E-state index in [9.17, 15) is 9.59 Å². The highest BCUT2D eigenvalue weighted by atomic mass is 16.2. The van der Waals surface area contributed by atoms with E-state index in [2.05, 4.69) is 27.3 Å². The predicted octanol–water partition coefficient (Wildman–Crippen LogP) is 3.18. The van der Waals surface area contributed by atoms with Gasteiger partial charge in [0.05, 0.1) is 0 Å². The fraction of sp³-hybridized carbons (Fsp3) is 0.0526. The van der Waals surface area contributed by atoms with Gasteiger partial charge in [0.2, 0.25) is 0 Å². The van der Waals surface area contributed by atoms with Crippen molar-refractivity contribution in [3.8, 4) is 0 Å². The molecular weight excluding hydrogens is 316 g/mol. The van der Waals surface area contributed by atoms with E-state index in [1.165, 1.54) is 6.20 Å². The van der Waals surface area contributed by atoms with Crippen molar-refractivity contribution in [2.75, 3.05) is 5.32 Å². The van der Waals surface area contributed by atoms with Gasteiger partial charge in [0, 0.05) is 41.1 Å². The molecule has 2 N–H and O–H groups in total. The van der Waals surface area contributed by atoms with E-state index < -0.39 is 0 Å². The molecule has 6 heteroatoms. The van der Waals surface area contributed by atoms with E-state index in [0.29, 0.717) is 22.5 Å². The summed E-state index contributed by atoms with van der Waals surface area (Å²) in [6.45, 7) is 5.14. The Labute approximate surface area is 146 Å². The highest BCUT2D eigenvalue weighted by Gasteiger charge is 2.09. The normalized spacial score (nSPS) is 11.2. The Bertz CT molecular complexity index is 809. The number of hydrogen-bond acceptors (Lipinski definition) is 4. The van der Waals surface area contributed by atoms with E-state index in [0.717, 1.165) is 0 Å². The van der Waals surface area contributed by atoms with Gasteiger partial charge in [0.15, 0.2) is 0 Å². The van der Waals surface area contributed by atoms with Crippen molar-refractivity contribution in [1.29, 1.82) is 0 Å². The Morgan fingerprint density at radius 3 is 2.20 bits per heavy atom. The topological polar surface area (TPSA) is 83.5 Å². The average molecular weight is 334 g/mol. The third-order valence-corrected chi connectivity index (χ3v) is 3.28. The molecule has 25 heavy (non-hydrogen) atoms. The molecule has 0 saturated carbocycles. The Morgan fingerprint density at radius 2 is 1.64 bits per heavy atom. The minimum Gasteiger partial charge on any atom is -0.322 e. The lowest BCUT2D eigenvalue weighted by molar-refractivity contribution is 0.0964. The molecule has 1 heterocycles. The van der Waals surface area contributed by atoms with Crippen LogP contribution in [0.4, 0.5) is 5.69 Å². The molecule has 0 unspecified atom stereocenters. The molecule has 0 spiro atoms. The summed E-state index contributed by atoms with van der Waals surface area (Å²) in [6.07, 6.45) is 8.07. The molecule has 0 bridgehead atoms. The van der Waals surface area contributed by atoms with Gasteiger partial charge in [0.1, 0.15) is 0 Å². The fourth-order valence-corrected chi connectivity index (χ4v) is 1.96. The molecule has 0 radical (unpaired) electrons. The molecule has 0 aliphatic rings. The molecule has 6 nitrogen and oxygen atoms in total. The summed E-state index contributed by atoms with van der Waals surface area (Å²) in [7, 11) is 0.